The summed E-state index contributed by atoms with van der Waals surface area (Å²) in [6.07, 6.45) is 26.6. The molecule has 0 aliphatic rings. The van der Waals surface area contributed by atoms with Gasteiger partial charge in [0.15, 0.2) is 0 Å². The van der Waals surface area contributed by atoms with Crippen LogP contribution in [0, 0.1) is 5.41 Å². The summed E-state index contributed by atoms with van der Waals surface area (Å²) in [6.45, 7) is 10.3. The number of unbranched alkanes of at least 4 members (excludes halogenated alkanes) is 18. The molecule has 3 nitrogen and oxygen atoms in total. The number of esters is 1. The smallest absolute Gasteiger partial charge is 0.305 e. The van der Waals surface area contributed by atoms with Gasteiger partial charge in [-0.15, -0.1) is 0 Å². The Hall–Kier alpha value is -0.570. The van der Waals surface area contributed by atoms with Crippen molar-refractivity contribution in [2.24, 2.45) is 5.41 Å². The first kappa shape index (κ1) is 31.4. The molecule has 0 unspecified atom stereocenters. The number of carbonyl (C=O) groups is 1. The highest BCUT2D eigenvalue weighted by Gasteiger charge is 2.10. The van der Waals surface area contributed by atoms with Gasteiger partial charge in [-0.25, -0.2) is 0 Å². The molecule has 0 fully saturated rings. The Morgan fingerprint density at radius 1 is 0.562 bits per heavy atom. The zero-order valence-corrected chi connectivity index (χ0v) is 22.5. The molecule has 0 spiro atoms. The zero-order chi connectivity index (χ0) is 23.8. The Balaban J connectivity index is 3.15. The van der Waals surface area contributed by atoms with Crippen molar-refractivity contribution in [1.29, 1.82) is 0 Å². The predicted molar refractivity (Wildman–Crippen MR) is 139 cm³/mol. The fourth-order valence-corrected chi connectivity index (χ4v) is 4.01. The molecule has 0 heterocycles. The van der Waals surface area contributed by atoms with Crippen LogP contribution in [0.4, 0.5) is 0 Å². The lowest BCUT2D eigenvalue weighted by Crippen LogP contribution is -2.18. The number of hydrogen-bond acceptors (Lipinski definition) is 3. The second-order valence-corrected chi connectivity index (χ2v) is 10.9. The molecule has 0 aliphatic carbocycles. The molecule has 0 rings (SSSR count). The van der Waals surface area contributed by atoms with Crippen LogP contribution in [0.15, 0.2) is 0 Å². The largest absolute Gasteiger partial charge is 0.463 e. The van der Waals surface area contributed by atoms with E-state index in [4.69, 9.17) is 9.47 Å². The summed E-state index contributed by atoms with van der Waals surface area (Å²) in [5.74, 6) is -0.0728. The maximum Gasteiger partial charge on any atom is 0.305 e. The van der Waals surface area contributed by atoms with E-state index in [2.05, 4.69) is 27.7 Å². The summed E-state index contributed by atoms with van der Waals surface area (Å²) >= 11 is 0. The minimum absolute atomic E-state index is 0.0728. The van der Waals surface area contributed by atoms with Crippen molar-refractivity contribution in [2.45, 2.75) is 156 Å². The van der Waals surface area contributed by atoms with Crippen LogP contribution >= 0.6 is 0 Å². The van der Waals surface area contributed by atoms with E-state index in [1.54, 1.807) is 0 Å². The lowest BCUT2D eigenvalue weighted by Gasteiger charge is -2.17. The quantitative estimate of drug-likeness (QED) is 0.108. The van der Waals surface area contributed by atoms with Crippen LogP contribution in [-0.2, 0) is 14.3 Å². The van der Waals surface area contributed by atoms with Crippen molar-refractivity contribution in [1.82, 2.24) is 0 Å². The van der Waals surface area contributed by atoms with Crippen molar-refractivity contribution in [3.8, 4) is 0 Å². The molecule has 0 radical (unpaired) electrons. The Kier molecular flexibility index (Phi) is 23.2. The first-order valence-electron chi connectivity index (χ1n) is 14.2. The molecule has 0 N–H and O–H groups in total. The van der Waals surface area contributed by atoms with Crippen LogP contribution in [0.25, 0.3) is 0 Å². The summed E-state index contributed by atoms with van der Waals surface area (Å²) < 4.78 is 10.7. The fraction of sp³-hybridized carbons (Fsp3) is 0.966. The van der Waals surface area contributed by atoms with Gasteiger partial charge in [0, 0.05) is 6.42 Å². The third-order valence-electron chi connectivity index (χ3n) is 6.01. The third kappa shape index (κ3) is 27.5. The van der Waals surface area contributed by atoms with Gasteiger partial charge in [0.25, 0.3) is 0 Å². The van der Waals surface area contributed by atoms with Crippen molar-refractivity contribution >= 4 is 5.97 Å². The molecule has 0 saturated carbocycles. The van der Waals surface area contributed by atoms with E-state index in [9.17, 15) is 4.79 Å². The Bertz CT molecular complexity index is 386. The summed E-state index contributed by atoms with van der Waals surface area (Å²) in [6, 6.07) is 0. The first-order valence-corrected chi connectivity index (χ1v) is 14.2. The number of ether oxygens (including phenoxy) is 2. The van der Waals surface area contributed by atoms with Gasteiger partial charge in [-0.2, -0.15) is 0 Å². The number of carbonyl (C=O) groups excluding carboxylic acids is 1. The molecule has 0 amide bonds. The summed E-state index contributed by atoms with van der Waals surface area (Å²) in [5.41, 5.74) is 0.163. The summed E-state index contributed by atoms with van der Waals surface area (Å²) in [5, 5.41) is 0. The fourth-order valence-electron chi connectivity index (χ4n) is 4.01. The van der Waals surface area contributed by atoms with E-state index in [1.807, 2.05) is 0 Å². The topological polar surface area (TPSA) is 35.5 Å². The van der Waals surface area contributed by atoms with Gasteiger partial charge in [-0.05, 0) is 11.8 Å². The van der Waals surface area contributed by atoms with Crippen molar-refractivity contribution in [3.63, 3.8) is 0 Å². The van der Waals surface area contributed by atoms with E-state index in [0.29, 0.717) is 26.2 Å². The normalized spacial score (nSPS) is 11.8. The average Bonchev–Trinajstić information content (AvgIpc) is 2.74. The molecular formula is C29H58O3. The van der Waals surface area contributed by atoms with E-state index in [0.717, 1.165) is 12.8 Å². The molecular weight excluding hydrogens is 396 g/mol. The number of rotatable bonds is 24. The molecule has 3 heteroatoms. The second kappa shape index (κ2) is 23.6. The highest BCUT2D eigenvalue weighted by Crippen LogP contribution is 2.15. The highest BCUT2D eigenvalue weighted by molar-refractivity contribution is 5.69. The van der Waals surface area contributed by atoms with Gasteiger partial charge in [-0.3, -0.25) is 4.79 Å². The van der Waals surface area contributed by atoms with Crippen LogP contribution in [0.3, 0.4) is 0 Å². The van der Waals surface area contributed by atoms with Crippen LogP contribution in [0.1, 0.15) is 156 Å². The van der Waals surface area contributed by atoms with Crippen LogP contribution < -0.4 is 0 Å². The Morgan fingerprint density at radius 3 is 1.31 bits per heavy atom. The molecule has 0 saturated heterocycles. The monoisotopic (exact) mass is 454 g/mol. The first-order chi connectivity index (χ1) is 15.5. The molecule has 0 aromatic rings. The predicted octanol–water partition coefficient (Wildman–Crippen LogP) is 9.41. The average molecular weight is 455 g/mol. The lowest BCUT2D eigenvalue weighted by molar-refractivity contribution is -0.145. The Labute approximate surface area is 201 Å². The van der Waals surface area contributed by atoms with Crippen molar-refractivity contribution in [2.75, 3.05) is 19.8 Å². The third-order valence-corrected chi connectivity index (χ3v) is 6.01. The van der Waals surface area contributed by atoms with Gasteiger partial charge < -0.3 is 9.47 Å². The van der Waals surface area contributed by atoms with Crippen LogP contribution in [0.5, 0.6) is 0 Å². The minimum atomic E-state index is -0.0728. The summed E-state index contributed by atoms with van der Waals surface area (Å²) in [7, 11) is 0. The Morgan fingerprint density at radius 2 is 0.938 bits per heavy atom. The van der Waals surface area contributed by atoms with Gasteiger partial charge >= 0.3 is 5.97 Å². The molecule has 0 bridgehead atoms. The van der Waals surface area contributed by atoms with Crippen molar-refractivity contribution < 1.29 is 14.3 Å². The molecule has 0 aromatic heterocycles. The minimum Gasteiger partial charge on any atom is -0.463 e. The standard InChI is InChI=1S/C29H58O3/c1-5-6-7-8-9-10-11-12-13-14-15-16-17-18-19-20-21-22-23-24-28(30)32-26-25-31-27-29(2,3)4/h5-27H2,1-4H3. The van der Waals surface area contributed by atoms with E-state index >= 15 is 0 Å². The van der Waals surface area contributed by atoms with E-state index in [1.165, 1.54) is 109 Å². The second-order valence-electron chi connectivity index (χ2n) is 10.9. The van der Waals surface area contributed by atoms with Crippen molar-refractivity contribution in [3.05, 3.63) is 0 Å². The maximum atomic E-state index is 11.7. The van der Waals surface area contributed by atoms with Gasteiger partial charge in [0.05, 0.1) is 13.2 Å². The lowest BCUT2D eigenvalue weighted by atomic mass is 9.99. The van der Waals surface area contributed by atoms with E-state index < -0.39 is 0 Å². The molecule has 192 valence electrons. The number of hydrogen-bond donors (Lipinski definition) is 0. The molecule has 32 heavy (non-hydrogen) atoms. The molecule has 0 aliphatic heterocycles. The molecule has 0 aromatic carbocycles. The van der Waals surface area contributed by atoms with Crippen LogP contribution in [0.2, 0.25) is 0 Å². The summed E-state index contributed by atoms with van der Waals surface area (Å²) in [4.78, 5) is 11.7. The van der Waals surface area contributed by atoms with Gasteiger partial charge in [0.1, 0.15) is 6.61 Å². The molecule has 0 atom stereocenters. The van der Waals surface area contributed by atoms with Crippen LogP contribution in [-0.4, -0.2) is 25.8 Å². The van der Waals surface area contributed by atoms with Gasteiger partial charge in [0.2, 0.25) is 0 Å². The van der Waals surface area contributed by atoms with E-state index in [-0.39, 0.29) is 11.4 Å². The van der Waals surface area contributed by atoms with Gasteiger partial charge in [-0.1, -0.05) is 143 Å². The SMILES string of the molecule is CCCCCCCCCCCCCCCCCCCCCC(=O)OCCOCC(C)(C)C. The maximum absolute atomic E-state index is 11.7. The highest BCUT2D eigenvalue weighted by atomic mass is 16.6. The zero-order valence-electron chi connectivity index (χ0n) is 22.5.